The van der Waals surface area contributed by atoms with Crippen LogP contribution in [0.15, 0.2) is 23.1 Å². The molecule has 1 atom stereocenters. The average Bonchev–Trinajstić information content (AvgIpc) is 2.36. The molecule has 114 valence electrons. The fraction of sp³-hybridized carbons (Fsp3) is 0.417. The summed E-state index contributed by atoms with van der Waals surface area (Å²) in [6.07, 6.45) is 0. The summed E-state index contributed by atoms with van der Waals surface area (Å²) in [6, 6.07) is 4.06. The number of carbonyl (C=O) groups is 1. The lowest BCUT2D eigenvalue weighted by Gasteiger charge is -2.14. The number of carbonyl (C=O) groups excluding carboxylic acids is 1. The third-order valence-electron chi connectivity index (χ3n) is 2.54. The van der Waals surface area contributed by atoms with Crippen LogP contribution in [0.2, 0.25) is 0 Å². The van der Waals surface area contributed by atoms with Crippen LogP contribution in [0.1, 0.15) is 22.8 Å². The highest BCUT2D eigenvalue weighted by molar-refractivity contribution is 7.89. The molecule has 0 fully saturated rings. The van der Waals surface area contributed by atoms with E-state index in [2.05, 4.69) is 9.46 Å². The molecule has 0 heterocycles. The van der Waals surface area contributed by atoms with Gasteiger partial charge in [-0.1, -0.05) is 11.6 Å². The van der Waals surface area contributed by atoms with Crippen LogP contribution in [0.5, 0.6) is 0 Å². The molecule has 0 amide bonds. The highest BCUT2D eigenvalue weighted by atomic mass is 35.5. The van der Waals surface area contributed by atoms with Crippen LogP contribution >= 0.6 is 12.4 Å². The number of aryl methyl sites for hydroxylation is 1. The zero-order valence-corrected chi connectivity index (χ0v) is 13.2. The van der Waals surface area contributed by atoms with Gasteiger partial charge in [-0.3, -0.25) is 0 Å². The molecular formula is C12H19ClN2O4S. The van der Waals surface area contributed by atoms with Crippen LogP contribution in [0.3, 0.4) is 0 Å². The number of nitrogens with two attached hydrogens (primary N) is 1. The summed E-state index contributed by atoms with van der Waals surface area (Å²) < 4.78 is 31.4. The first kappa shape index (κ1) is 18.9. The van der Waals surface area contributed by atoms with Crippen LogP contribution < -0.4 is 10.5 Å². The van der Waals surface area contributed by atoms with E-state index in [9.17, 15) is 13.2 Å². The number of sulfonamides is 1. The highest BCUT2D eigenvalue weighted by Gasteiger charge is 2.24. The monoisotopic (exact) mass is 322 g/mol. The molecule has 0 aliphatic rings. The van der Waals surface area contributed by atoms with Gasteiger partial charge >= 0.3 is 5.97 Å². The minimum Gasteiger partial charge on any atom is -0.465 e. The molecule has 0 aliphatic carbocycles. The molecule has 0 saturated heterocycles. The Morgan fingerprint density at radius 3 is 2.55 bits per heavy atom. The standard InChI is InChI=1S/C12H18N2O4S.ClH/c1-8-4-5-11(10(6-8)12(15)18-3)19(16,17)14-9(2)7-13;/h4-6,9,14H,7,13H2,1-3H3;1H/t9-;/m0./s1. The number of rotatable bonds is 5. The van der Waals surface area contributed by atoms with E-state index in [4.69, 9.17) is 5.73 Å². The summed E-state index contributed by atoms with van der Waals surface area (Å²) in [5, 5.41) is 0. The first-order valence-corrected chi connectivity index (χ1v) is 7.21. The van der Waals surface area contributed by atoms with Crippen molar-refractivity contribution >= 4 is 28.4 Å². The number of methoxy groups -OCH3 is 1. The lowest BCUT2D eigenvalue weighted by atomic mass is 10.1. The van der Waals surface area contributed by atoms with Crippen LogP contribution in [0, 0.1) is 6.92 Å². The third-order valence-corrected chi connectivity index (χ3v) is 4.19. The Kier molecular flexibility index (Phi) is 7.15. The van der Waals surface area contributed by atoms with Crippen molar-refractivity contribution in [3.05, 3.63) is 29.3 Å². The van der Waals surface area contributed by atoms with Crippen molar-refractivity contribution in [2.45, 2.75) is 24.8 Å². The first-order chi connectivity index (χ1) is 8.81. The van der Waals surface area contributed by atoms with Gasteiger partial charge < -0.3 is 10.5 Å². The predicted molar refractivity (Wildman–Crippen MR) is 78.6 cm³/mol. The predicted octanol–water partition coefficient (Wildman–Crippen LogP) is 0.829. The van der Waals surface area contributed by atoms with E-state index in [1.165, 1.54) is 19.2 Å². The van der Waals surface area contributed by atoms with E-state index in [0.717, 1.165) is 5.56 Å². The Labute approximate surface area is 125 Å². The Hall–Kier alpha value is -1.15. The van der Waals surface area contributed by atoms with Crippen molar-refractivity contribution in [1.82, 2.24) is 4.72 Å². The van der Waals surface area contributed by atoms with Crippen molar-refractivity contribution in [2.75, 3.05) is 13.7 Å². The maximum Gasteiger partial charge on any atom is 0.339 e. The van der Waals surface area contributed by atoms with Crippen molar-refractivity contribution in [3.63, 3.8) is 0 Å². The molecule has 0 spiro atoms. The summed E-state index contributed by atoms with van der Waals surface area (Å²) in [6.45, 7) is 3.57. The van der Waals surface area contributed by atoms with Crippen molar-refractivity contribution in [1.29, 1.82) is 0 Å². The fourth-order valence-electron chi connectivity index (χ4n) is 1.52. The quantitative estimate of drug-likeness (QED) is 0.782. The summed E-state index contributed by atoms with van der Waals surface area (Å²) >= 11 is 0. The Morgan fingerprint density at radius 1 is 1.45 bits per heavy atom. The zero-order valence-electron chi connectivity index (χ0n) is 11.5. The second-order valence-corrected chi connectivity index (χ2v) is 5.93. The Morgan fingerprint density at radius 2 is 2.05 bits per heavy atom. The molecule has 0 saturated carbocycles. The molecule has 0 unspecified atom stereocenters. The molecule has 6 nitrogen and oxygen atoms in total. The van der Waals surface area contributed by atoms with Gasteiger partial charge in [0, 0.05) is 12.6 Å². The van der Waals surface area contributed by atoms with Gasteiger partial charge in [0.1, 0.15) is 0 Å². The minimum atomic E-state index is -3.80. The lowest BCUT2D eigenvalue weighted by Crippen LogP contribution is -2.38. The number of ether oxygens (including phenoxy) is 1. The van der Waals surface area contributed by atoms with Gasteiger partial charge in [0.05, 0.1) is 17.6 Å². The number of esters is 1. The smallest absolute Gasteiger partial charge is 0.339 e. The summed E-state index contributed by atoms with van der Waals surface area (Å²) in [4.78, 5) is 11.5. The van der Waals surface area contributed by atoms with E-state index in [-0.39, 0.29) is 29.4 Å². The number of benzene rings is 1. The van der Waals surface area contributed by atoms with Crippen LogP contribution in [0.4, 0.5) is 0 Å². The van der Waals surface area contributed by atoms with E-state index in [1.807, 2.05) is 0 Å². The normalized spacial score (nSPS) is 12.4. The zero-order chi connectivity index (χ0) is 14.6. The van der Waals surface area contributed by atoms with E-state index >= 15 is 0 Å². The van der Waals surface area contributed by atoms with E-state index in [1.54, 1.807) is 19.9 Å². The maximum absolute atomic E-state index is 12.2. The van der Waals surface area contributed by atoms with Crippen LogP contribution in [-0.2, 0) is 14.8 Å². The molecule has 0 bridgehead atoms. The van der Waals surface area contributed by atoms with Gasteiger partial charge in [0.15, 0.2) is 0 Å². The minimum absolute atomic E-state index is 0. The third kappa shape index (κ3) is 4.45. The second kappa shape index (κ2) is 7.58. The molecular weight excluding hydrogens is 304 g/mol. The molecule has 8 heteroatoms. The number of halogens is 1. The number of nitrogens with one attached hydrogen (secondary N) is 1. The van der Waals surface area contributed by atoms with Gasteiger partial charge in [-0.25, -0.2) is 17.9 Å². The second-order valence-electron chi connectivity index (χ2n) is 4.25. The van der Waals surface area contributed by atoms with E-state index < -0.39 is 22.0 Å². The fourth-order valence-corrected chi connectivity index (χ4v) is 2.96. The number of hydrogen-bond donors (Lipinski definition) is 2. The van der Waals surface area contributed by atoms with Crippen molar-refractivity contribution in [3.8, 4) is 0 Å². The molecule has 1 aromatic rings. The molecule has 1 aromatic carbocycles. The molecule has 0 aliphatic heterocycles. The van der Waals surface area contributed by atoms with Gasteiger partial charge in [-0.15, -0.1) is 12.4 Å². The van der Waals surface area contributed by atoms with Crippen LogP contribution in [-0.4, -0.2) is 34.1 Å². The molecule has 0 aromatic heterocycles. The summed E-state index contributed by atoms with van der Waals surface area (Å²) in [7, 11) is -2.60. The Balaban J connectivity index is 0.00000361. The molecule has 3 N–H and O–H groups in total. The highest BCUT2D eigenvalue weighted by Crippen LogP contribution is 2.18. The summed E-state index contributed by atoms with van der Waals surface area (Å²) in [5.41, 5.74) is 6.17. The maximum atomic E-state index is 12.2. The van der Waals surface area contributed by atoms with E-state index in [0.29, 0.717) is 0 Å². The molecule has 0 radical (unpaired) electrons. The largest absolute Gasteiger partial charge is 0.465 e. The Bertz CT molecular complexity index is 575. The first-order valence-electron chi connectivity index (χ1n) is 5.73. The number of hydrogen-bond acceptors (Lipinski definition) is 5. The van der Waals surface area contributed by atoms with Crippen LogP contribution in [0.25, 0.3) is 0 Å². The summed E-state index contributed by atoms with van der Waals surface area (Å²) in [5.74, 6) is -0.690. The van der Waals surface area contributed by atoms with Gasteiger partial charge in [0.2, 0.25) is 10.0 Å². The van der Waals surface area contributed by atoms with Crippen molar-refractivity contribution < 1.29 is 17.9 Å². The van der Waals surface area contributed by atoms with Gasteiger partial charge in [-0.2, -0.15) is 0 Å². The topological polar surface area (TPSA) is 98.5 Å². The molecule has 20 heavy (non-hydrogen) atoms. The van der Waals surface area contributed by atoms with Gasteiger partial charge in [0.25, 0.3) is 0 Å². The SMILES string of the molecule is COC(=O)c1cc(C)ccc1S(=O)(=O)N[C@@H](C)CN.Cl. The van der Waals surface area contributed by atoms with Gasteiger partial charge in [-0.05, 0) is 26.0 Å². The molecule has 1 rings (SSSR count). The lowest BCUT2D eigenvalue weighted by molar-refractivity contribution is 0.0596. The van der Waals surface area contributed by atoms with Crippen molar-refractivity contribution in [2.24, 2.45) is 5.73 Å². The average molecular weight is 323 g/mol.